The second-order valence-corrected chi connectivity index (χ2v) is 7.42. The number of ether oxygens (including phenoxy) is 3. The van der Waals surface area contributed by atoms with E-state index in [1.807, 2.05) is 48.5 Å². The van der Waals surface area contributed by atoms with Gasteiger partial charge in [0, 0.05) is 22.0 Å². The minimum atomic E-state index is 0.149. The fourth-order valence-electron chi connectivity index (χ4n) is 3.09. The zero-order chi connectivity index (χ0) is 21.6. The molecule has 3 aromatic carbocycles. The van der Waals surface area contributed by atoms with Crippen LogP contribution in [-0.4, -0.2) is 24.2 Å². The first-order valence-electron chi connectivity index (χ1n) is 9.57. The summed E-state index contributed by atoms with van der Waals surface area (Å²) >= 11 is 3.60. The van der Waals surface area contributed by atoms with Gasteiger partial charge in [0.05, 0.1) is 26.0 Å². The molecule has 1 heterocycles. The topological polar surface area (TPSA) is 77.5 Å². The lowest BCUT2D eigenvalue weighted by atomic mass is 10.1. The van der Waals surface area contributed by atoms with Crippen LogP contribution in [-0.2, 0) is 6.54 Å². The van der Waals surface area contributed by atoms with E-state index < -0.39 is 0 Å². The van der Waals surface area contributed by atoms with Crippen LogP contribution in [0.15, 0.2) is 71.2 Å². The van der Waals surface area contributed by atoms with Gasteiger partial charge in [0.1, 0.15) is 5.75 Å². The summed E-state index contributed by atoms with van der Waals surface area (Å²) < 4.78 is 17.4. The molecule has 7 nitrogen and oxygen atoms in total. The Bertz CT molecular complexity index is 1180. The molecule has 8 heteroatoms. The van der Waals surface area contributed by atoms with Crippen molar-refractivity contribution >= 4 is 32.4 Å². The van der Waals surface area contributed by atoms with Crippen molar-refractivity contribution in [3.05, 3.63) is 76.8 Å². The van der Waals surface area contributed by atoms with Crippen LogP contribution in [0.1, 0.15) is 5.56 Å². The summed E-state index contributed by atoms with van der Waals surface area (Å²) in [5.74, 6) is 1.36. The summed E-state index contributed by atoms with van der Waals surface area (Å²) in [6.45, 7) is 0.516. The average molecular weight is 481 g/mol. The monoisotopic (exact) mass is 480 g/mol. The van der Waals surface area contributed by atoms with Gasteiger partial charge >= 0.3 is 6.01 Å². The number of halogens is 1. The molecule has 0 unspecified atom stereocenters. The highest BCUT2D eigenvalue weighted by Gasteiger charge is 2.11. The number of hydrogen-bond donors (Lipinski definition) is 2. The highest BCUT2D eigenvalue weighted by Crippen LogP contribution is 2.30. The second kappa shape index (κ2) is 9.63. The highest BCUT2D eigenvalue weighted by molar-refractivity contribution is 9.10. The number of nitrogens with one attached hydrogen (secondary N) is 2. The summed E-state index contributed by atoms with van der Waals surface area (Å²) in [5, 5.41) is 2.26. The lowest BCUT2D eigenvalue weighted by molar-refractivity contribution is 0.347. The molecule has 0 aliphatic carbocycles. The third kappa shape index (κ3) is 4.87. The van der Waals surface area contributed by atoms with E-state index in [2.05, 4.69) is 48.9 Å². The molecule has 4 rings (SSSR count). The lowest BCUT2D eigenvalue weighted by Crippen LogP contribution is -2.21. The third-order valence-corrected chi connectivity index (χ3v) is 5.32. The highest BCUT2D eigenvalue weighted by atomic mass is 79.9. The quantitative estimate of drug-likeness (QED) is 0.330. The Morgan fingerprint density at radius 3 is 2.26 bits per heavy atom. The summed E-state index contributed by atoms with van der Waals surface area (Å²) in [5.41, 5.74) is 8.48. The van der Waals surface area contributed by atoms with Crippen LogP contribution in [0.3, 0.4) is 0 Å². The van der Waals surface area contributed by atoms with Gasteiger partial charge in [-0.15, -0.1) is 0 Å². The minimum Gasteiger partial charge on any atom is -0.481 e. The Morgan fingerprint density at radius 1 is 0.839 bits per heavy atom. The maximum absolute atomic E-state index is 5.93. The number of rotatable bonds is 8. The molecule has 0 atom stereocenters. The number of hydrogen-bond acceptors (Lipinski definition) is 7. The number of para-hydroxylation sites is 1. The molecule has 0 amide bonds. The molecule has 0 radical (unpaired) electrons. The van der Waals surface area contributed by atoms with Crippen molar-refractivity contribution in [3.63, 3.8) is 0 Å². The fourth-order valence-corrected chi connectivity index (χ4v) is 3.57. The number of methoxy groups -OCH3 is 2. The van der Waals surface area contributed by atoms with E-state index in [4.69, 9.17) is 14.2 Å². The molecule has 0 aliphatic heterocycles. The van der Waals surface area contributed by atoms with Crippen LogP contribution in [0.2, 0.25) is 0 Å². The summed E-state index contributed by atoms with van der Waals surface area (Å²) in [4.78, 5) is 8.46. The van der Waals surface area contributed by atoms with Crippen LogP contribution in [0.25, 0.3) is 10.8 Å². The maximum atomic E-state index is 5.93. The van der Waals surface area contributed by atoms with Gasteiger partial charge < -0.3 is 19.6 Å². The molecule has 4 aromatic rings. The van der Waals surface area contributed by atoms with Gasteiger partial charge in [0.25, 0.3) is 0 Å². The molecule has 0 saturated carbocycles. The SMILES string of the molecule is COc1cc(OC)nc(Oc2ccccc2CNNc2ccc(Br)c3ccccc23)n1. The molecule has 2 N–H and O–H groups in total. The third-order valence-electron chi connectivity index (χ3n) is 4.62. The Hall–Kier alpha value is -3.36. The molecule has 1 aromatic heterocycles. The first kappa shape index (κ1) is 20.9. The maximum Gasteiger partial charge on any atom is 0.328 e. The molecule has 0 aliphatic rings. The average Bonchev–Trinajstić information content (AvgIpc) is 2.81. The van der Waals surface area contributed by atoms with Crippen molar-refractivity contribution in [2.45, 2.75) is 6.54 Å². The van der Waals surface area contributed by atoms with Crippen molar-refractivity contribution in [2.24, 2.45) is 0 Å². The zero-order valence-corrected chi connectivity index (χ0v) is 18.6. The molecular formula is C23H21BrN4O3. The van der Waals surface area contributed by atoms with Crippen molar-refractivity contribution in [3.8, 4) is 23.5 Å². The predicted molar refractivity (Wildman–Crippen MR) is 124 cm³/mol. The smallest absolute Gasteiger partial charge is 0.328 e. The summed E-state index contributed by atoms with van der Waals surface area (Å²) in [6.07, 6.45) is 0. The molecule has 0 fully saturated rings. The Kier molecular flexibility index (Phi) is 6.49. The van der Waals surface area contributed by atoms with Crippen LogP contribution < -0.4 is 25.1 Å². The van der Waals surface area contributed by atoms with Crippen molar-refractivity contribution in [2.75, 3.05) is 19.6 Å². The van der Waals surface area contributed by atoms with Gasteiger partial charge in [0.15, 0.2) is 0 Å². The van der Waals surface area contributed by atoms with E-state index in [0.717, 1.165) is 26.5 Å². The second-order valence-electron chi connectivity index (χ2n) is 6.56. The Balaban J connectivity index is 1.50. The lowest BCUT2D eigenvalue weighted by Gasteiger charge is -2.14. The fraction of sp³-hybridized carbons (Fsp3) is 0.130. The van der Waals surface area contributed by atoms with Gasteiger partial charge in [-0.2, -0.15) is 9.97 Å². The number of aromatic nitrogens is 2. The van der Waals surface area contributed by atoms with E-state index in [1.54, 1.807) is 6.07 Å². The molecular weight excluding hydrogens is 460 g/mol. The van der Waals surface area contributed by atoms with Crippen LogP contribution >= 0.6 is 15.9 Å². The number of nitrogens with zero attached hydrogens (tertiary/aromatic N) is 2. The molecule has 0 saturated heterocycles. The van der Waals surface area contributed by atoms with E-state index in [1.165, 1.54) is 14.2 Å². The largest absolute Gasteiger partial charge is 0.481 e. The summed E-state index contributed by atoms with van der Waals surface area (Å²) in [6, 6.07) is 21.7. The molecule has 31 heavy (non-hydrogen) atoms. The normalized spacial score (nSPS) is 10.7. The van der Waals surface area contributed by atoms with Crippen molar-refractivity contribution < 1.29 is 14.2 Å². The van der Waals surface area contributed by atoms with Gasteiger partial charge in [0.2, 0.25) is 11.8 Å². The van der Waals surface area contributed by atoms with Gasteiger partial charge in [-0.3, -0.25) is 0 Å². The van der Waals surface area contributed by atoms with Crippen molar-refractivity contribution in [1.29, 1.82) is 0 Å². The number of benzene rings is 3. The molecule has 0 spiro atoms. The number of anilines is 1. The van der Waals surface area contributed by atoms with Crippen molar-refractivity contribution in [1.82, 2.24) is 15.4 Å². The predicted octanol–water partition coefficient (Wildman–Crippen LogP) is 5.32. The van der Waals surface area contributed by atoms with Gasteiger partial charge in [-0.1, -0.05) is 58.4 Å². The summed E-state index contributed by atoms with van der Waals surface area (Å²) in [7, 11) is 3.06. The van der Waals surface area contributed by atoms with Crippen LogP contribution in [0.5, 0.6) is 23.5 Å². The Labute approximate surface area is 188 Å². The van der Waals surface area contributed by atoms with E-state index in [-0.39, 0.29) is 6.01 Å². The van der Waals surface area contributed by atoms with Crippen LogP contribution in [0, 0.1) is 0 Å². The van der Waals surface area contributed by atoms with Gasteiger partial charge in [-0.25, -0.2) is 5.43 Å². The van der Waals surface area contributed by atoms with Crippen LogP contribution in [0.4, 0.5) is 5.69 Å². The minimum absolute atomic E-state index is 0.149. The molecule has 158 valence electrons. The van der Waals surface area contributed by atoms with E-state index in [0.29, 0.717) is 24.1 Å². The molecule has 0 bridgehead atoms. The zero-order valence-electron chi connectivity index (χ0n) is 17.1. The Morgan fingerprint density at radius 2 is 1.52 bits per heavy atom. The van der Waals surface area contributed by atoms with E-state index in [9.17, 15) is 0 Å². The number of fused-ring (bicyclic) bond motifs is 1. The van der Waals surface area contributed by atoms with E-state index >= 15 is 0 Å². The standard InChI is InChI=1S/C23H21BrN4O3/c1-29-21-13-22(30-2)27-23(26-21)31-20-10-6-3-7-15(20)14-25-28-19-12-11-18(24)16-8-4-5-9-17(16)19/h3-13,25,28H,14H2,1-2H3. The number of hydrazine groups is 1. The van der Waals surface area contributed by atoms with Gasteiger partial charge in [-0.05, 0) is 23.6 Å². The first-order valence-corrected chi connectivity index (χ1v) is 10.4. The first-order chi connectivity index (χ1) is 15.2.